The SMILES string of the molecule is O=[N+]([O-])c1c2ccncc2cc2cnc(-c3ccccc3)nc12. The van der Waals surface area contributed by atoms with Gasteiger partial charge in [-0.1, -0.05) is 30.3 Å². The van der Waals surface area contributed by atoms with E-state index in [4.69, 9.17) is 0 Å². The van der Waals surface area contributed by atoms with Gasteiger partial charge >= 0.3 is 5.69 Å². The monoisotopic (exact) mass is 302 g/mol. The van der Waals surface area contributed by atoms with Crippen LogP contribution in [0.15, 0.2) is 61.1 Å². The zero-order chi connectivity index (χ0) is 15.8. The molecule has 0 N–H and O–H groups in total. The van der Waals surface area contributed by atoms with E-state index in [1.807, 2.05) is 36.4 Å². The molecule has 0 aliphatic carbocycles. The molecular weight excluding hydrogens is 292 g/mol. The van der Waals surface area contributed by atoms with Crippen LogP contribution in [-0.4, -0.2) is 19.9 Å². The molecule has 23 heavy (non-hydrogen) atoms. The van der Waals surface area contributed by atoms with Crippen molar-refractivity contribution < 1.29 is 4.92 Å². The lowest BCUT2D eigenvalue weighted by atomic mass is 10.1. The normalized spacial score (nSPS) is 11.0. The van der Waals surface area contributed by atoms with Gasteiger partial charge in [0.2, 0.25) is 0 Å². The Balaban J connectivity index is 2.09. The van der Waals surface area contributed by atoms with Crippen molar-refractivity contribution in [2.45, 2.75) is 0 Å². The Hall–Kier alpha value is -3.41. The minimum Gasteiger partial charge on any atom is -0.264 e. The van der Waals surface area contributed by atoms with Gasteiger partial charge in [-0.15, -0.1) is 0 Å². The molecule has 0 spiro atoms. The van der Waals surface area contributed by atoms with Gasteiger partial charge in [0.15, 0.2) is 11.3 Å². The van der Waals surface area contributed by atoms with Crippen molar-refractivity contribution in [3.05, 3.63) is 71.2 Å². The lowest BCUT2D eigenvalue weighted by Crippen LogP contribution is -1.97. The molecular formula is C17H10N4O2. The molecule has 2 aromatic carbocycles. The van der Waals surface area contributed by atoms with E-state index in [1.54, 1.807) is 24.7 Å². The number of pyridine rings is 1. The van der Waals surface area contributed by atoms with E-state index in [9.17, 15) is 10.1 Å². The molecule has 6 nitrogen and oxygen atoms in total. The van der Waals surface area contributed by atoms with Crippen LogP contribution in [-0.2, 0) is 0 Å². The number of nitro groups is 1. The summed E-state index contributed by atoms with van der Waals surface area (Å²) in [6.45, 7) is 0. The molecule has 0 atom stereocenters. The number of nitrogens with zero attached hydrogens (tertiary/aromatic N) is 4. The molecule has 6 heteroatoms. The first-order valence-electron chi connectivity index (χ1n) is 6.97. The maximum atomic E-state index is 11.6. The highest BCUT2D eigenvalue weighted by atomic mass is 16.6. The molecule has 0 aliphatic heterocycles. The standard InChI is InChI=1S/C17H10N4O2/c22-21(23)16-14-6-7-18-9-12(14)8-13-10-19-17(20-15(13)16)11-4-2-1-3-5-11/h1-10H. The maximum Gasteiger partial charge on any atom is 0.303 e. The van der Waals surface area contributed by atoms with Crippen LogP contribution in [0.1, 0.15) is 0 Å². The van der Waals surface area contributed by atoms with Crippen molar-refractivity contribution in [3.8, 4) is 11.4 Å². The van der Waals surface area contributed by atoms with E-state index in [2.05, 4.69) is 15.0 Å². The van der Waals surface area contributed by atoms with Crippen molar-refractivity contribution in [2.24, 2.45) is 0 Å². The Bertz CT molecular complexity index is 1050. The summed E-state index contributed by atoms with van der Waals surface area (Å²) in [6.07, 6.45) is 4.76. The topological polar surface area (TPSA) is 81.8 Å². The van der Waals surface area contributed by atoms with Crippen molar-refractivity contribution in [1.82, 2.24) is 15.0 Å². The van der Waals surface area contributed by atoms with Crippen LogP contribution in [0.25, 0.3) is 33.1 Å². The van der Waals surface area contributed by atoms with Crippen LogP contribution in [0.3, 0.4) is 0 Å². The summed E-state index contributed by atoms with van der Waals surface area (Å²) in [4.78, 5) is 24.0. The second-order valence-electron chi connectivity index (χ2n) is 5.08. The van der Waals surface area contributed by atoms with Gasteiger partial charge < -0.3 is 0 Å². The molecule has 0 amide bonds. The van der Waals surface area contributed by atoms with Crippen molar-refractivity contribution in [3.63, 3.8) is 0 Å². The van der Waals surface area contributed by atoms with Gasteiger partial charge in [0.1, 0.15) is 0 Å². The number of benzene rings is 2. The molecule has 0 aliphatic rings. The third-order valence-corrected chi connectivity index (χ3v) is 3.67. The summed E-state index contributed by atoms with van der Waals surface area (Å²) >= 11 is 0. The summed E-state index contributed by atoms with van der Waals surface area (Å²) in [7, 11) is 0. The minimum atomic E-state index is -0.396. The molecule has 0 saturated carbocycles. The van der Waals surface area contributed by atoms with E-state index in [0.29, 0.717) is 27.5 Å². The third-order valence-electron chi connectivity index (χ3n) is 3.67. The first-order chi connectivity index (χ1) is 11.2. The van der Waals surface area contributed by atoms with Crippen molar-refractivity contribution >= 4 is 27.4 Å². The number of fused-ring (bicyclic) bond motifs is 2. The summed E-state index contributed by atoms with van der Waals surface area (Å²) in [5.41, 5.74) is 1.14. The average molecular weight is 302 g/mol. The van der Waals surface area contributed by atoms with E-state index in [-0.39, 0.29) is 5.69 Å². The fraction of sp³-hybridized carbons (Fsp3) is 0. The highest BCUT2D eigenvalue weighted by Crippen LogP contribution is 2.33. The first kappa shape index (κ1) is 13.3. The number of non-ortho nitro benzene ring substituents is 1. The van der Waals surface area contributed by atoms with Gasteiger partial charge in [-0.25, -0.2) is 9.97 Å². The Morgan fingerprint density at radius 2 is 1.83 bits per heavy atom. The Kier molecular flexibility index (Phi) is 2.94. The van der Waals surface area contributed by atoms with Crippen molar-refractivity contribution in [2.75, 3.05) is 0 Å². The molecule has 4 rings (SSSR count). The summed E-state index contributed by atoms with van der Waals surface area (Å²) in [5.74, 6) is 0.467. The summed E-state index contributed by atoms with van der Waals surface area (Å²) in [6, 6.07) is 12.9. The van der Waals surface area contributed by atoms with Crippen LogP contribution in [0, 0.1) is 10.1 Å². The second kappa shape index (κ2) is 5.10. The quantitative estimate of drug-likeness (QED) is 0.320. The molecule has 0 fully saturated rings. The predicted octanol–water partition coefficient (Wildman–Crippen LogP) is 3.75. The number of nitro benzene ring substituents is 1. The first-order valence-corrected chi connectivity index (χ1v) is 6.97. The predicted molar refractivity (Wildman–Crippen MR) is 86.9 cm³/mol. The second-order valence-corrected chi connectivity index (χ2v) is 5.08. The lowest BCUT2D eigenvalue weighted by Gasteiger charge is -2.05. The Morgan fingerprint density at radius 3 is 2.61 bits per heavy atom. The fourth-order valence-electron chi connectivity index (χ4n) is 2.63. The van der Waals surface area contributed by atoms with Crippen molar-refractivity contribution in [1.29, 1.82) is 0 Å². The smallest absolute Gasteiger partial charge is 0.264 e. The van der Waals surface area contributed by atoms with Gasteiger partial charge in [-0.3, -0.25) is 15.1 Å². The van der Waals surface area contributed by atoms with Gasteiger partial charge in [-0.05, 0) is 12.1 Å². The fourth-order valence-corrected chi connectivity index (χ4v) is 2.63. The van der Waals surface area contributed by atoms with E-state index in [0.717, 1.165) is 5.56 Å². The Morgan fingerprint density at radius 1 is 1.00 bits per heavy atom. The molecule has 4 aromatic rings. The number of rotatable bonds is 2. The lowest BCUT2D eigenvalue weighted by molar-refractivity contribution is -0.381. The molecule has 0 unspecified atom stereocenters. The molecule has 2 aromatic heterocycles. The minimum absolute atomic E-state index is 0.0144. The molecule has 0 saturated heterocycles. The van der Waals surface area contributed by atoms with Gasteiger partial charge in [0, 0.05) is 34.9 Å². The van der Waals surface area contributed by atoms with E-state index >= 15 is 0 Å². The Labute approximate surface area is 130 Å². The molecule has 110 valence electrons. The van der Waals surface area contributed by atoms with Crippen LogP contribution in [0.4, 0.5) is 5.69 Å². The molecule has 2 heterocycles. The van der Waals surface area contributed by atoms with Crippen LogP contribution in [0.2, 0.25) is 0 Å². The van der Waals surface area contributed by atoms with Crippen LogP contribution < -0.4 is 0 Å². The highest BCUT2D eigenvalue weighted by Gasteiger charge is 2.20. The van der Waals surface area contributed by atoms with Gasteiger partial charge in [0.05, 0.1) is 10.3 Å². The highest BCUT2D eigenvalue weighted by molar-refractivity contribution is 6.06. The van der Waals surface area contributed by atoms with Gasteiger partial charge in [0.25, 0.3) is 0 Å². The van der Waals surface area contributed by atoms with E-state index < -0.39 is 4.92 Å². The largest absolute Gasteiger partial charge is 0.303 e. The summed E-state index contributed by atoms with van der Waals surface area (Å²) in [5, 5.41) is 13.4. The third kappa shape index (κ3) is 2.17. The summed E-state index contributed by atoms with van der Waals surface area (Å²) < 4.78 is 0. The zero-order valence-corrected chi connectivity index (χ0v) is 11.9. The van der Waals surface area contributed by atoms with Crippen LogP contribution >= 0.6 is 0 Å². The van der Waals surface area contributed by atoms with E-state index in [1.165, 1.54) is 0 Å². The number of hydrogen-bond acceptors (Lipinski definition) is 5. The average Bonchev–Trinajstić information content (AvgIpc) is 2.59. The maximum absolute atomic E-state index is 11.6. The number of aromatic nitrogens is 3. The molecule has 0 radical (unpaired) electrons. The zero-order valence-electron chi connectivity index (χ0n) is 11.9. The molecule has 0 bridgehead atoms. The van der Waals surface area contributed by atoms with Gasteiger partial charge in [-0.2, -0.15) is 0 Å². The van der Waals surface area contributed by atoms with Crippen LogP contribution in [0.5, 0.6) is 0 Å². The number of hydrogen-bond donors (Lipinski definition) is 0.